The molecule has 0 unspecified atom stereocenters. The van der Waals surface area contributed by atoms with Gasteiger partial charge in [0, 0.05) is 11.8 Å². The third-order valence-corrected chi connectivity index (χ3v) is 2.40. The zero-order valence-corrected chi connectivity index (χ0v) is 8.58. The van der Waals surface area contributed by atoms with Gasteiger partial charge in [-0.05, 0) is 18.2 Å². The second-order valence-electron chi connectivity index (χ2n) is 3.05. The predicted molar refractivity (Wildman–Crippen MR) is 56.6 cm³/mol. The van der Waals surface area contributed by atoms with Gasteiger partial charge in [0.05, 0.1) is 11.6 Å². The van der Waals surface area contributed by atoms with Crippen molar-refractivity contribution in [3.05, 3.63) is 35.0 Å². The molecule has 1 aromatic carbocycles. The molecule has 0 aliphatic carbocycles. The maximum Gasteiger partial charge on any atom is 0.417 e. The van der Waals surface area contributed by atoms with Crippen LogP contribution in [0, 0.1) is 0 Å². The lowest BCUT2D eigenvalue weighted by molar-refractivity contribution is 0.274. The van der Waals surface area contributed by atoms with E-state index in [9.17, 15) is 4.79 Å². The van der Waals surface area contributed by atoms with Gasteiger partial charge >= 0.3 is 6.47 Å². The summed E-state index contributed by atoms with van der Waals surface area (Å²) < 4.78 is 9.97. The quantitative estimate of drug-likeness (QED) is 0.749. The average molecular weight is 224 g/mol. The van der Waals surface area contributed by atoms with Crippen LogP contribution in [0.2, 0.25) is 5.02 Å². The van der Waals surface area contributed by atoms with Crippen LogP contribution >= 0.6 is 11.6 Å². The molecule has 2 aromatic rings. The summed E-state index contributed by atoms with van der Waals surface area (Å²) in [7, 11) is 0. The molecule has 0 bridgehead atoms. The monoisotopic (exact) mass is 223 g/mol. The summed E-state index contributed by atoms with van der Waals surface area (Å²) in [6.45, 7) is 1.63. The predicted octanol–water partition coefficient (Wildman–Crippen LogP) is 2.71. The van der Waals surface area contributed by atoms with Gasteiger partial charge in [0.15, 0.2) is 0 Å². The number of hydrogen-bond donors (Lipinski definition) is 0. The van der Waals surface area contributed by atoms with E-state index in [2.05, 4.69) is 4.74 Å². The van der Waals surface area contributed by atoms with E-state index in [0.29, 0.717) is 11.4 Å². The molecule has 0 atom stereocenters. The Bertz CT molecular complexity index is 476. The first-order chi connectivity index (χ1) is 7.31. The highest BCUT2D eigenvalue weighted by Crippen LogP contribution is 2.26. The first-order valence-electron chi connectivity index (χ1n) is 4.47. The van der Waals surface area contributed by atoms with E-state index in [0.717, 1.165) is 16.7 Å². The summed E-state index contributed by atoms with van der Waals surface area (Å²) in [5, 5.41) is 1.54. The molecule has 0 aliphatic heterocycles. The molecule has 77 valence electrons. The molecule has 4 heteroatoms. The normalized spacial score (nSPS) is 10.5. The highest BCUT2D eigenvalue weighted by Gasteiger charge is 2.06. The molecule has 1 radical (unpaired) electrons. The van der Waals surface area contributed by atoms with Crippen molar-refractivity contribution >= 4 is 29.0 Å². The maximum atomic E-state index is 9.82. The van der Waals surface area contributed by atoms with Crippen LogP contribution in [0.25, 0.3) is 11.0 Å². The lowest BCUT2D eigenvalue weighted by Crippen LogP contribution is -1.94. The van der Waals surface area contributed by atoms with Crippen molar-refractivity contribution in [1.29, 1.82) is 0 Å². The molecular formula is C11H8ClO3. The molecule has 1 heterocycles. The third kappa shape index (κ3) is 2.13. The second-order valence-corrected chi connectivity index (χ2v) is 3.45. The molecule has 0 amide bonds. The molecule has 0 saturated heterocycles. The minimum Gasteiger partial charge on any atom is -0.461 e. The minimum absolute atomic E-state index is 0.265. The van der Waals surface area contributed by atoms with Gasteiger partial charge in [0.1, 0.15) is 11.3 Å². The largest absolute Gasteiger partial charge is 0.461 e. The summed E-state index contributed by atoms with van der Waals surface area (Å²) in [5.74, 6) is 0.744. The van der Waals surface area contributed by atoms with Gasteiger partial charge < -0.3 is 9.15 Å². The van der Waals surface area contributed by atoms with Crippen molar-refractivity contribution < 1.29 is 13.9 Å². The Morgan fingerprint density at radius 3 is 3.07 bits per heavy atom. The lowest BCUT2D eigenvalue weighted by atomic mass is 10.2. The average Bonchev–Trinajstić information content (AvgIpc) is 2.63. The number of carbonyl (C=O) groups excluding carboxylic acids is 1. The van der Waals surface area contributed by atoms with Gasteiger partial charge in [0.2, 0.25) is 0 Å². The molecule has 0 spiro atoms. The first kappa shape index (κ1) is 10.1. The first-order valence-corrected chi connectivity index (χ1v) is 4.85. The van der Waals surface area contributed by atoms with Gasteiger partial charge in [-0.15, -0.1) is 0 Å². The molecule has 3 nitrogen and oxygen atoms in total. The smallest absolute Gasteiger partial charge is 0.417 e. The van der Waals surface area contributed by atoms with E-state index in [-0.39, 0.29) is 6.61 Å². The molecule has 15 heavy (non-hydrogen) atoms. The molecule has 2 rings (SSSR count). The number of benzene rings is 1. The van der Waals surface area contributed by atoms with E-state index in [1.54, 1.807) is 6.07 Å². The van der Waals surface area contributed by atoms with E-state index in [1.165, 1.54) is 6.47 Å². The third-order valence-electron chi connectivity index (χ3n) is 2.07. The summed E-state index contributed by atoms with van der Waals surface area (Å²) in [6.07, 6.45) is 0.528. The SMILES string of the molecule is O=[C]OCCc1cc2c(Cl)cccc2o1. The molecule has 1 aromatic heterocycles. The van der Waals surface area contributed by atoms with Crippen LogP contribution in [0.1, 0.15) is 5.76 Å². The van der Waals surface area contributed by atoms with Crippen molar-refractivity contribution in [2.24, 2.45) is 0 Å². The Morgan fingerprint density at radius 2 is 2.33 bits per heavy atom. The maximum absolute atomic E-state index is 9.82. The Hall–Kier alpha value is -1.48. The number of rotatable bonds is 4. The Labute approximate surface area is 91.6 Å². The standard InChI is InChI=1S/C11H8ClO3/c12-10-2-1-3-11-9(10)6-8(15-11)4-5-14-7-13/h1-3,6H,4-5H2. The van der Waals surface area contributed by atoms with Crippen LogP contribution in [0.3, 0.4) is 0 Å². The Kier molecular flexibility index (Phi) is 2.92. The van der Waals surface area contributed by atoms with Gasteiger partial charge in [-0.3, -0.25) is 0 Å². The van der Waals surface area contributed by atoms with Crippen LogP contribution in [0.4, 0.5) is 0 Å². The fourth-order valence-corrected chi connectivity index (χ4v) is 1.61. The topological polar surface area (TPSA) is 39.4 Å². The van der Waals surface area contributed by atoms with Crippen LogP contribution in [-0.4, -0.2) is 13.1 Å². The van der Waals surface area contributed by atoms with Gasteiger partial charge in [-0.2, -0.15) is 0 Å². The molecule has 0 aliphatic rings. The van der Waals surface area contributed by atoms with Crippen molar-refractivity contribution in [2.45, 2.75) is 6.42 Å². The minimum atomic E-state index is 0.265. The summed E-state index contributed by atoms with van der Waals surface area (Å²) in [6, 6.07) is 7.33. The van der Waals surface area contributed by atoms with Crippen molar-refractivity contribution in [1.82, 2.24) is 0 Å². The molecule has 0 saturated carbocycles. The summed E-state index contributed by atoms with van der Waals surface area (Å²) in [4.78, 5) is 9.82. The highest BCUT2D eigenvalue weighted by atomic mass is 35.5. The number of halogens is 1. The van der Waals surface area contributed by atoms with Crippen LogP contribution < -0.4 is 0 Å². The zero-order valence-electron chi connectivity index (χ0n) is 7.83. The lowest BCUT2D eigenvalue weighted by Gasteiger charge is -1.92. The number of furan rings is 1. The number of hydrogen-bond acceptors (Lipinski definition) is 3. The van der Waals surface area contributed by atoms with E-state index < -0.39 is 0 Å². The van der Waals surface area contributed by atoms with Gasteiger partial charge in [0.25, 0.3) is 0 Å². The van der Waals surface area contributed by atoms with Gasteiger partial charge in [-0.25, -0.2) is 4.79 Å². The highest BCUT2D eigenvalue weighted by molar-refractivity contribution is 6.35. The summed E-state index contributed by atoms with van der Waals surface area (Å²) in [5.41, 5.74) is 0.743. The molecular weight excluding hydrogens is 216 g/mol. The van der Waals surface area contributed by atoms with Crippen molar-refractivity contribution in [3.8, 4) is 0 Å². The van der Waals surface area contributed by atoms with Crippen LogP contribution in [-0.2, 0) is 16.0 Å². The van der Waals surface area contributed by atoms with Gasteiger partial charge in [-0.1, -0.05) is 17.7 Å². The second kappa shape index (κ2) is 4.36. The number of fused-ring (bicyclic) bond motifs is 1. The van der Waals surface area contributed by atoms with E-state index >= 15 is 0 Å². The Morgan fingerprint density at radius 1 is 1.47 bits per heavy atom. The number of ether oxygens (including phenoxy) is 1. The molecule has 0 fully saturated rings. The van der Waals surface area contributed by atoms with E-state index in [1.807, 2.05) is 18.2 Å². The van der Waals surface area contributed by atoms with Crippen LogP contribution in [0.5, 0.6) is 0 Å². The van der Waals surface area contributed by atoms with Crippen LogP contribution in [0.15, 0.2) is 28.7 Å². The zero-order chi connectivity index (χ0) is 10.7. The van der Waals surface area contributed by atoms with Crippen molar-refractivity contribution in [2.75, 3.05) is 6.61 Å². The Balaban J connectivity index is 2.23. The fraction of sp³-hybridized carbons (Fsp3) is 0.182. The van der Waals surface area contributed by atoms with E-state index in [4.69, 9.17) is 16.0 Å². The summed E-state index contributed by atoms with van der Waals surface area (Å²) >= 11 is 5.98. The van der Waals surface area contributed by atoms with Crippen molar-refractivity contribution in [3.63, 3.8) is 0 Å². The fourth-order valence-electron chi connectivity index (χ4n) is 1.39. The molecule has 0 N–H and O–H groups in total.